The summed E-state index contributed by atoms with van der Waals surface area (Å²) in [6.07, 6.45) is 6.63. The number of sulfonamides is 1. The molecule has 120 valence electrons. The Bertz CT molecular complexity index is 562. The zero-order chi connectivity index (χ0) is 15.5. The number of rotatable bonds is 7. The summed E-state index contributed by atoms with van der Waals surface area (Å²) >= 11 is 0. The van der Waals surface area contributed by atoms with Crippen molar-refractivity contribution in [1.29, 1.82) is 0 Å². The molecule has 1 aromatic heterocycles. The Balaban J connectivity index is 2.31. The Labute approximate surface area is 127 Å². The number of imidazole rings is 1. The van der Waals surface area contributed by atoms with Gasteiger partial charge in [0.25, 0.3) is 10.0 Å². The summed E-state index contributed by atoms with van der Waals surface area (Å²) in [6.45, 7) is 5.40. The second-order valence-corrected chi connectivity index (χ2v) is 7.50. The maximum atomic E-state index is 12.9. The fraction of sp³-hybridized carbons (Fsp3) is 0.786. The highest BCUT2D eigenvalue weighted by Gasteiger charge is 2.34. The number of nitrogens with zero attached hydrogens (tertiary/aromatic N) is 3. The minimum absolute atomic E-state index is 0.0789. The van der Waals surface area contributed by atoms with Gasteiger partial charge >= 0.3 is 0 Å². The smallest absolute Gasteiger partial charge is 0.262 e. The van der Waals surface area contributed by atoms with Gasteiger partial charge in [-0.3, -0.25) is 0 Å². The Kier molecular flexibility index (Phi) is 5.40. The molecule has 1 aliphatic carbocycles. The molecule has 0 radical (unpaired) electrons. The molecule has 1 aliphatic rings. The van der Waals surface area contributed by atoms with Crippen molar-refractivity contribution in [3.63, 3.8) is 0 Å². The van der Waals surface area contributed by atoms with E-state index < -0.39 is 10.0 Å². The molecule has 0 bridgehead atoms. The van der Waals surface area contributed by atoms with Crippen molar-refractivity contribution in [3.8, 4) is 0 Å². The highest BCUT2D eigenvalue weighted by molar-refractivity contribution is 7.89. The highest BCUT2D eigenvalue weighted by atomic mass is 32.2. The maximum Gasteiger partial charge on any atom is 0.262 e. The standard InChI is InChI=1S/C14H26N4O2S/c1-3-9-17-11-14(16-12(17)2)21(19,20)18(10-8-15)13-6-4-5-7-13/h11,13H,3-10,15H2,1-2H3. The van der Waals surface area contributed by atoms with Crippen LogP contribution in [0, 0.1) is 6.92 Å². The summed E-state index contributed by atoms with van der Waals surface area (Å²) in [5, 5.41) is 0.161. The third-order valence-electron chi connectivity index (χ3n) is 4.07. The number of aromatic nitrogens is 2. The van der Waals surface area contributed by atoms with Crippen LogP contribution in [0.2, 0.25) is 0 Å². The van der Waals surface area contributed by atoms with Crippen LogP contribution in [0.25, 0.3) is 0 Å². The zero-order valence-corrected chi connectivity index (χ0v) is 13.8. The van der Waals surface area contributed by atoms with Crippen molar-refractivity contribution in [3.05, 3.63) is 12.0 Å². The number of aryl methyl sites for hydroxylation is 2. The molecule has 1 aromatic rings. The molecule has 0 aromatic carbocycles. The first-order valence-corrected chi connectivity index (χ1v) is 9.20. The molecular formula is C14H26N4O2S. The molecule has 1 saturated carbocycles. The normalized spacial score (nSPS) is 17.0. The lowest BCUT2D eigenvalue weighted by Crippen LogP contribution is -2.42. The van der Waals surface area contributed by atoms with E-state index in [-0.39, 0.29) is 11.1 Å². The molecular weight excluding hydrogens is 288 g/mol. The summed E-state index contributed by atoms with van der Waals surface area (Å²) in [5.41, 5.74) is 5.62. The molecule has 1 fully saturated rings. The van der Waals surface area contributed by atoms with Gasteiger partial charge in [-0.25, -0.2) is 13.4 Å². The summed E-state index contributed by atoms with van der Waals surface area (Å²) in [4.78, 5) is 4.27. The molecule has 0 saturated heterocycles. The van der Waals surface area contributed by atoms with Crippen molar-refractivity contribution in [2.75, 3.05) is 13.1 Å². The SMILES string of the molecule is CCCn1cc(S(=O)(=O)N(CCN)C2CCCC2)nc1C. The minimum Gasteiger partial charge on any atom is -0.334 e. The van der Waals surface area contributed by atoms with Gasteiger partial charge in [0.15, 0.2) is 5.03 Å². The van der Waals surface area contributed by atoms with E-state index in [1.807, 2.05) is 11.5 Å². The van der Waals surface area contributed by atoms with Crippen LogP contribution in [0.15, 0.2) is 11.2 Å². The first-order valence-electron chi connectivity index (χ1n) is 7.76. The van der Waals surface area contributed by atoms with E-state index >= 15 is 0 Å². The lowest BCUT2D eigenvalue weighted by Gasteiger charge is -2.26. The topological polar surface area (TPSA) is 81.2 Å². The molecule has 2 N–H and O–H groups in total. The minimum atomic E-state index is -3.55. The number of hydrogen-bond donors (Lipinski definition) is 1. The van der Waals surface area contributed by atoms with E-state index in [2.05, 4.69) is 11.9 Å². The molecule has 0 atom stereocenters. The van der Waals surface area contributed by atoms with E-state index in [1.165, 1.54) is 0 Å². The number of nitrogens with two attached hydrogens (primary N) is 1. The Morgan fingerprint density at radius 3 is 2.67 bits per heavy atom. The average molecular weight is 314 g/mol. The molecule has 1 heterocycles. The molecule has 0 amide bonds. The summed E-state index contributed by atoms with van der Waals surface area (Å²) in [6, 6.07) is 0.0789. The molecule has 7 heteroatoms. The number of hydrogen-bond acceptors (Lipinski definition) is 4. The molecule has 0 aliphatic heterocycles. The van der Waals surface area contributed by atoms with Crippen LogP contribution < -0.4 is 5.73 Å². The molecule has 0 unspecified atom stereocenters. The van der Waals surface area contributed by atoms with Gasteiger partial charge in [0.05, 0.1) is 0 Å². The lowest BCUT2D eigenvalue weighted by atomic mass is 10.2. The van der Waals surface area contributed by atoms with Crippen LogP contribution in [0.4, 0.5) is 0 Å². The van der Waals surface area contributed by atoms with Crippen molar-refractivity contribution >= 4 is 10.0 Å². The maximum absolute atomic E-state index is 12.9. The fourth-order valence-corrected chi connectivity index (χ4v) is 4.71. The van der Waals surface area contributed by atoms with Crippen LogP contribution in [0.5, 0.6) is 0 Å². The van der Waals surface area contributed by atoms with Gasteiger partial charge in [-0.1, -0.05) is 19.8 Å². The first kappa shape index (κ1) is 16.5. The van der Waals surface area contributed by atoms with Gasteiger partial charge in [-0.05, 0) is 26.2 Å². The molecule has 21 heavy (non-hydrogen) atoms. The van der Waals surface area contributed by atoms with Crippen LogP contribution in [-0.4, -0.2) is 41.4 Å². The lowest BCUT2D eigenvalue weighted by molar-refractivity contribution is 0.327. The third kappa shape index (κ3) is 3.46. The van der Waals surface area contributed by atoms with Gasteiger partial charge in [-0.15, -0.1) is 0 Å². The van der Waals surface area contributed by atoms with Crippen molar-refractivity contribution in [2.24, 2.45) is 5.73 Å². The second kappa shape index (κ2) is 6.89. The predicted octanol–water partition coefficient (Wildman–Crippen LogP) is 1.49. The monoisotopic (exact) mass is 314 g/mol. The van der Waals surface area contributed by atoms with Gasteiger partial charge in [-0.2, -0.15) is 4.31 Å². The highest BCUT2D eigenvalue weighted by Crippen LogP contribution is 2.28. The molecule has 2 rings (SSSR count). The van der Waals surface area contributed by atoms with E-state index in [4.69, 9.17) is 5.73 Å². The second-order valence-electron chi connectivity index (χ2n) is 5.66. The van der Waals surface area contributed by atoms with Gasteiger partial charge in [0.1, 0.15) is 5.82 Å². The largest absolute Gasteiger partial charge is 0.334 e. The predicted molar refractivity (Wildman–Crippen MR) is 82.5 cm³/mol. The summed E-state index contributed by atoms with van der Waals surface area (Å²) in [7, 11) is -3.55. The Hall–Kier alpha value is -0.920. The molecule has 0 spiro atoms. The van der Waals surface area contributed by atoms with Crippen molar-refractivity contribution < 1.29 is 8.42 Å². The summed E-state index contributed by atoms with van der Waals surface area (Å²) < 4.78 is 29.2. The van der Waals surface area contributed by atoms with Gasteiger partial charge < -0.3 is 10.3 Å². The van der Waals surface area contributed by atoms with Crippen LogP contribution >= 0.6 is 0 Å². The van der Waals surface area contributed by atoms with Crippen molar-refractivity contribution in [1.82, 2.24) is 13.9 Å². The zero-order valence-electron chi connectivity index (χ0n) is 13.0. The van der Waals surface area contributed by atoms with Gasteiger partial charge in [0.2, 0.25) is 0 Å². The van der Waals surface area contributed by atoms with Crippen molar-refractivity contribution in [2.45, 2.75) is 63.6 Å². The summed E-state index contributed by atoms with van der Waals surface area (Å²) in [5.74, 6) is 0.745. The quantitative estimate of drug-likeness (QED) is 0.827. The first-order chi connectivity index (χ1) is 10.0. The van der Waals surface area contributed by atoms with E-state index in [9.17, 15) is 8.42 Å². The fourth-order valence-electron chi connectivity index (χ4n) is 3.01. The average Bonchev–Trinajstić information content (AvgIpc) is 3.07. The van der Waals surface area contributed by atoms with E-state index in [1.54, 1.807) is 10.5 Å². The van der Waals surface area contributed by atoms with E-state index in [0.29, 0.717) is 13.1 Å². The van der Waals surface area contributed by atoms with Crippen LogP contribution in [0.1, 0.15) is 44.9 Å². The van der Waals surface area contributed by atoms with Crippen LogP contribution in [0.3, 0.4) is 0 Å². The Morgan fingerprint density at radius 1 is 1.43 bits per heavy atom. The molecule has 6 nitrogen and oxygen atoms in total. The third-order valence-corrected chi connectivity index (χ3v) is 5.90. The van der Waals surface area contributed by atoms with E-state index in [0.717, 1.165) is 44.5 Å². The van der Waals surface area contributed by atoms with Gasteiger partial charge in [0, 0.05) is 31.9 Å². The van der Waals surface area contributed by atoms with Crippen LogP contribution in [-0.2, 0) is 16.6 Å². The Morgan fingerprint density at radius 2 is 2.10 bits per heavy atom.